The third kappa shape index (κ3) is 9.50. The molecule has 1 atom stereocenters. The maximum Gasteiger partial charge on any atom is 0.220 e. The van der Waals surface area contributed by atoms with Gasteiger partial charge in [0.25, 0.3) is 0 Å². The number of hydrogen-bond acceptors (Lipinski definition) is 3. The molecule has 4 nitrogen and oxygen atoms in total. The van der Waals surface area contributed by atoms with Crippen molar-refractivity contribution in [3.63, 3.8) is 0 Å². The van der Waals surface area contributed by atoms with Gasteiger partial charge in [0.15, 0.2) is 0 Å². The highest BCUT2D eigenvalue weighted by atomic mass is 35.5. The fourth-order valence-corrected chi connectivity index (χ4v) is 2.34. The molecule has 1 rings (SSSR count). The SMILES string of the molecule is CNCCCC(=O)NCCN1CCCCC1C.Cl.Cl. The number of nitrogens with one attached hydrogen (secondary N) is 2. The Morgan fingerprint density at radius 3 is 2.63 bits per heavy atom. The van der Waals surface area contributed by atoms with Crippen LogP contribution < -0.4 is 10.6 Å². The van der Waals surface area contributed by atoms with E-state index >= 15 is 0 Å². The Hall–Kier alpha value is -0.0300. The lowest BCUT2D eigenvalue weighted by Gasteiger charge is -2.33. The molecule has 6 heteroatoms. The van der Waals surface area contributed by atoms with Gasteiger partial charge in [0.2, 0.25) is 5.91 Å². The minimum Gasteiger partial charge on any atom is -0.355 e. The van der Waals surface area contributed by atoms with E-state index in [1.165, 1.54) is 25.8 Å². The second-order valence-corrected chi connectivity index (χ2v) is 4.94. The third-order valence-electron chi connectivity index (χ3n) is 3.49. The molecular formula is C13H29Cl2N3O. The molecule has 19 heavy (non-hydrogen) atoms. The van der Waals surface area contributed by atoms with Crippen LogP contribution in [0.1, 0.15) is 39.0 Å². The van der Waals surface area contributed by atoms with Gasteiger partial charge in [-0.1, -0.05) is 6.42 Å². The summed E-state index contributed by atoms with van der Waals surface area (Å²) in [5, 5.41) is 6.05. The molecule has 0 spiro atoms. The zero-order valence-electron chi connectivity index (χ0n) is 12.1. The largest absolute Gasteiger partial charge is 0.355 e. The van der Waals surface area contributed by atoms with Gasteiger partial charge in [-0.25, -0.2) is 0 Å². The number of amides is 1. The zero-order chi connectivity index (χ0) is 12.5. The second-order valence-electron chi connectivity index (χ2n) is 4.94. The lowest BCUT2D eigenvalue weighted by molar-refractivity contribution is -0.121. The van der Waals surface area contributed by atoms with Gasteiger partial charge in [0.05, 0.1) is 0 Å². The van der Waals surface area contributed by atoms with Crippen molar-refractivity contribution in [1.29, 1.82) is 0 Å². The summed E-state index contributed by atoms with van der Waals surface area (Å²) in [4.78, 5) is 14.0. The van der Waals surface area contributed by atoms with Crippen LogP contribution in [0.25, 0.3) is 0 Å². The van der Waals surface area contributed by atoms with Gasteiger partial charge in [-0.15, -0.1) is 24.8 Å². The van der Waals surface area contributed by atoms with E-state index in [9.17, 15) is 4.79 Å². The molecule has 0 aromatic rings. The number of hydrogen-bond donors (Lipinski definition) is 2. The fourth-order valence-electron chi connectivity index (χ4n) is 2.34. The Morgan fingerprint density at radius 1 is 1.26 bits per heavy atom. The quantitative estimate of drug-likeness (QED) is 0.705. The predicted octanol–water partition coefficient (Wildman–Crippen LogP) is 1.82. The average molecular weight is 314 g/mol. The van der Waals surface area contributed by atoms with Gasteiger partial charge in [0, 0.05) is 25.6 Å². The molecule has 1 heterocycles. The van der Waals surface area contributed by atoms with Crippen LogP contribution in [-0.2, 0) is 4.79 Å². The molecule has 1 aliphatic rings. The first-order valence-corrected chi connectivity index (χ1v) is 6.89. The average Bonchev–Trinajstić information content (AvgIpc) is 2.32. The maximum atomic E-state index is 11.5. The van der Waals surface area contributed by atoms with Crippen LogP contribution in [0.4, 0.5) is 0 Å². The van der Waals surface area contributed by atoms with Crippen LogP contribution in [0.3, 0.4) is 0 Å². The molecule has 2 N–H and O–H groups in total. The van der Waals surface area contributed by atoms with E-state index in [4.69, 9.17) is 0 Å². The minimum absolute atomic E-state index is 0. The van der Waals surface area contributed by atoms with E-state index in [2.05, 4.69) is 22.5 Å². The zero-order valence-corrected chi connectivity index (χ0v) is 13.7. The molecule has 0 aromatic carbocycles. The van der Waals surface area contributed by atoms with Crippen molar-refractivity contribution in [3.05, 3.63) is 0 Å². The number of rotatable bonds is 7. The summed E-state index contributed by atoms with van der Waals surface area (Å²) in [6.07, 6.45) is 5.52. The maximum absolute atomic E-state index is 11.5. The summed E-state index contributed by atoms with van der Waals surface area (Å²) >= 11 is 0. The van der Waals surface area contributed by atoms with Gasteiger partial charge >= 0.3 is 0 Å². The first-order chi connectivity index (χ1) is 8.24. The normalized spacial score (nSPS) is 19.2. The minimum atomic E-state index is 0. The highest BCUT2D eigenvalue weighted by molar-refractivity contribution is 5.85. The lowest BCUT2D eigenvalue weighted by atomic mass is 10.0. The Morgan fingerprint density at radius 2 is 2.00 bits per heavy atom. The molecule has 0 bridgehead atoms. The lowest BCUT2D eigenvalue weighted by Crippen LogP contribution is -2.42. The van der Waals surface area contributed by atoms with Crippen LogP contribution in [0.5, 0.6) is 0 Å². The molecule has 0 aromatic heterocycles. The summed E-state index contributed by atoms with van der Waals surface area (Å²) in [6, 6.07) is 0.685. The van der Waals surface area contributed by atoms with Crippen molar-refractivity contribution >= 4 is 30.7 Å². The van der Waals surface area contributed by atoms with Crippen molar-refractivity contribution in [3.8, 4) is 0 Å². The molecule has 116 valence electrons. The standard InChI is InChI=1S/C13H27N3O.2ClH/c1-12-6-3-4-10-16(12)11-9-15-13(17)7-5-8-14-2;;/h12,14H,3-11H2,1-2H3,(H,15,17);2*1H. The molecule has 1 saturated heterocycles. The molecule has 1 aliphatic heterocycles. The van der Waals surface area contributed by atoms with Gasteiger partial charge in [-0.05, 0) is 46.3 Å². The highest BCUT2D eigenvalue weighted by Crippen LogP contribution is 2.15. The summed E-state index contributed by atoms with van der Waals surface area (Å²) in [7, 11) is 1.91. The molecule has 1 fully saturated rings. The summed E-state index contributed by atoms with van der Waals surface area (Å²) in [5.74, 6) is 0.185. The number of piperidine rings is 1. The first-order valence-electron chi connectivity index (χ1n) is 6.89. The van der Waals surface area contributed by atoms with Gasteiger partial charge in [-0.2, -0.15) is 0 Å². The topological polar surface area (TPSA) is 44.4 Å². The van der Waals surface area contributed by atoms with Gasteiger partial charge in [0.1, 0.15) is 0 Å². The van der Waals surface area contributed by atoms with Crippen molar-refractivity contribution in [2.45, 2.75) is 45.1 Å². The van der Waals surface area contributed by atoms with Crippen molar-refractivity contribution < 1.29 is 4.79 Å². The number of carbonyl (C=O) groups is 1. The Labute approximate surface area is 129 Å². The molecule has 0 saturated carbocycles. The predicted molar refractivity (Wildman–Crippen MR) is 85.6 cm³/mol. The summed E-state index contributed by atoms with van der Waals surface area (Å²) < 4.78 is 0. The fraction of sp³-hybridized carbons (Fsp3) is 0.923. The van der Waals surface area contributed by atoms with E-state index in [-0.39, 0.29) is 30.7 Å². The molecule has 1 amide bonds. The van der Waals surface area contributed by atoms with Crippen LogP contribution in [0.2, 0.25) is 0 Å². The smallest absolute Gasteiger partial charge is 0.220 e. The summed E-state index contributed by atoms with van der Waals surface area (Å²) in [6.45, 7) is 6.18. The first kappa shape index (κ1) is 21.3. The van der Waals surface area contributed by atoms with Crippen LogP contribution in [-0.4, -0.2) is 50.1 Å². The van der Waals surface area contributed by atoms with E-state index in [0.717, 1.165) is 26.1 Å². The van der Waals surface area contributed by atoms with Crippen LogP contribution >= 0.6 is 24.8 Å². The summed E-state index contributed by atoms with van der Waals surface area (Å²) in [5.41, 5.74) is 0. The number of likely N-dealkylation sites (tertiary alicyclic amines) is 1. The van der Waals surface area contributed by atoms with Crippen LogP contribution in [0, 0.1) is 0 Å². The second kappa shape index (κ2) is 13.0. The monoisotopic (exact) mass is 313 g/mol. The van der Waals surface area contributed by atoms with E-state index in [1.54, 1.807) is 0 Å². The highest BCUT2D eigenvalue weighted by Gasteiger charge is 2.17. The molecule has 0 aliphatic carbocycles. The number of nitrogens with zero attached hydrogens (tertiary/aromatic N) is 1. The number of carbonyl (C=O) groups excluding carboxylic acids is 1. The third-order valence-corrected chi connectivity index (χ3v) is 3.49. The Bertz CT molecular complexity index is 230. The van der Waals surface area contributed by atoms with Crippen molar-refractivity contribution in [2.24, 2.45) is 0 Å². The van der Waals surface area contributed by atoms with E-state index in [1.807, 2.05) is 7.05 Å². The molecule has 0 radical (unpaired) electrons. The van der Waals surface area contributed by atoms with Crippen molar-refractivity contribution in [1.82, 2.24) is 15.5 Å². The molecule has 1 unspecified atom stereocenters. The van der Waals surface area contributed by atoms with Crippen LogP contribution in [0.15, 0.2) is 0 Å². The van der Waals surface area contributed by atoms with Gasteiger partial charge < -0.3 is 10.6 Å². The Balaban J connectivity index is 0. The van der Waals surface area contributed by atoms with Gasteiger partial charge in [-0.3, -0.25) is 9.69 Å². The van der Waals surface area contributed by atoms with E-state index in [0.29, 0.717) is 12.5 Å². The number of halogens is 2. The van der Waals surface area contributed by atoms with Crippen molar-refractivity contribution in [2.75, 3.05) is 33.2 Å². The Kier molecular flexibility index (Phi) is 14.5. The molecular weight excluding hydrogens is 285 g/mol. The van der Waals surface area contributed by atoms with E-state index < -0.39 is 0 Å².